The van der Waals surface area contributed by atoms with Gasteiger partial charge in [-0.3, -0.25) is 14.5 Å². The van der Waals surface area contributed by atoms with E-state index < -0.39 is 0 Å². The number of likely N-dealkylation sites (tertiary alicyclic amines) is 1. The zero-order valence-electron chi connectivity index (χ0n) is 17.8. The number of hydrogen-bond acceptors (Lipinski definition) is 3. The zero-order chi connectivity index (χ0) is 22.1. The van der Waals surface area contributed by atoms with Crippen LogP contribution in [0.4, 0.5) is 4.39 Å². The van der Waals surface area contributed by atoms with Crippen molar-refractivity contribution in [1.82, 2.24) is 9.80 Å². The van der Waals surface area contributed by atoms with Crippen molar-refractivity contribution < 1.29 is 14.0 Å². The molecular weight excluding hydrogens is 415 g/mol. The van der Waals surface area contributed by atoms with Crippen molar-refractivity contribution in [2.24, 2.45) is 11.8 Å². The van der Waals surface area contributed by atoms with Gasteiger partial charge < -0.3 is 4.90 Å². The SMILES string of the molecule is CC1CC(C)CN(C2=C(c3ccc(F)cc3)C(=O)N(CCc3ccc(Cl)cc3)C2=O)C1. The number of piperidine rings is 1. The summed E-state index contributed by atoms with van der Waals surface area (Å²) in [4.78, 5) is 30.2. The molecule has 2 aromatic rings. The molecular formula is C25H26ClFN2O2. The van der Waals surface area contributed by atoms with E-state index in [1.807, 2.05) is 12.1 Å². The lowest BCUT2D eigenvalue weighted by Gasteiger charge is -2.37. The molecule has 2 heterocycles. The fourth-order valence-corrected chi connectivity index (χ4v) is 4.80. The lowest BCUT2D eigenvalue weighted by atomic mass is 9.91. The summed E-state index contributed by atoms with van der Waals surface area (Å²) in [5.41, 5.74) is 2.41. The number of carbonyl (C=O) groups is 2. The predicted octanol–water partition coefficient (Wildman–Crippen LogP) is 4.78. The van der Waals surface area contributed by atoms with Gasteiger partial charge in [-0.05, 0) is 60.1 Å². The number of benzene rings is 2. The van der Waals surface area contributed by atoms with Crippen LogP contribution in [0, 0.1) is 17.7 Å². The van der Waals surface area contributed by atoms with Crippen LogP contribution in [0.25, 0.3) is 5.57 Å². The molecule has 0 N–H and O–H groups in total. The Bertz CT molecular complexity index is 1010. The Kier molecular flexibility index (Phi) is 6.15. The van der Waals surface area contributed by atoms with Crippen LogP contribution in [-0.2, 0) is 16.0 Å². The molecule has 2 aromatic carbocycles. The highest BCUT2D eigenvalue weighted by Gasteiger charge is 2.42. The monoisotopic (exact) mass is 440 g/mol. The van der Waals surface area contributed by atoms with E-state index in [1.165, 1.54) is 17.0 Å². The Balaban J connectivity index is 1.66. The highest BCUT2D eigenvalue weighted by molar-refractivity contribution is 6.35. The van der Waals surface area contributed by atoms with Gasteiger partial charge in [0.15, 0.2) is 0 Å². The average molecular weight is 441 g/mol. The van der Waals surface area contributed by atoms with Crippen molar-refractivity contribution in [2.45, 2.75) is 26.7 Å². The molecule has 0 saturated carbocycles. The number of carbonyl (C=O) groups excluding carboxylic acids is 2. The standard InChI is InChI=1S/C25H26ClFN2O2/c1-16-13-17(2)15-28(14-16)23-22(19-5-9-21(27)10-6-19)24(30)29(25(23)31)12-11-18-3-7-20(26)8-4-18/h3-10,16-17H,11-15H2,1-2H3. The smallest absolute Gasteiger partial charge is 0.277 e. The van der Waals surface area contributed by atoms with Crippen LogP contribution >= 0.6 is 11.6 Å². The summed E-state index contributed by atoms with van der Waals surface area (Å²) < 4.78 is 13.5. The van der Waals surface area contributed by atoms with E-state index in [-0.39, 0.29) is 24.2 Å². The molecule has 31 heavy (non-hydrogen) atoms. The van der Waals surface area contributed by atoms with Crippen LogP contribution in [0.5, 0.6) is 0 Å². The lowest BCUT2D eigenvalue weighted by molar-refractivity contribution is -0.137. The summed E-state index contributed by atoms with van der Waals surface area (Å²) in [6.45, 7) is 6.08. The van der Waals surface area contributed by atoms with Crippen LogP contribution in [0.15, 0.2) is 54.2 Å². The first kappa shape index (κ1) is 21.6. The highest BCUT2D eigenvalue weighted by Crippen LogP contribution is 2.35. The van der Waals surface area contributed by atoms with E-state index in [1.54, 1.807) is 24.3 Å². The van der Waals surface area contributed by atoms with Gasteiger partial charge >= 0.3 is 0 Å². The molecule has 2 atom stereocenters. The third-order valence-electron chi connectivity index (χ3n) is 6.00. The summed E-state index contributed by atoms with van der Waals surface area (Å²) in [5.74, 6) is -0.0954. The van der Waals surface area contributed by atoms with Crippen molar-refractivity contribution in [1.29, 1.82) is 0 Å². The highest BCUT2D eigenvalue weighted by atomic mass is 35.5. The normalized spacial score (nSPS) is 21.9. The van der Waals surface area contributed by atoms with Gasteiger partial charge in [0.2, 0.25) is 0 Å². The molecule has 6 heteroatoms. The second kappa shape index (κ2) is 8.83. The second-order valence-electron chi connectivity index (χ2n) is 8.72. The Morgan fingerprint density at radius 3 is 2.16 bits per heavy atom. The first-order chi connectivity index (χ1) is 14.8. The first-order valence-electron chi connectivity index (χ1n) is 10.7. The molecule has 162 valence electrons. The number of amides is 2. The van der Waals surface area contributed by atoms with Crippen molar-refractivity contribution >= 4 is 29.0 Å². The summed E-state index contributed by atoms with van der Waals surface area (Å²) in [6, 6.07) is 13.2. The molecule has 2 aliphatic rings. The lowest BCUT2D eigenvalue weighted by Crippen LogP contribution is -2.42. The first-order valence-corrected chi connectivity index (χ1v) is 11.1. The van der Waals surface area contributed by atoms with Gasteiger partial charge in [0.25, 0.3) is 11.8 Å². The van der Waals surface area contributed by atoms with Gasteiger partial charge in [-0.15, -0.1) is 0 Å². The quantitative estimate of drug-likeness (QED) is 0.628. The second-order valence-corrected chi connectivity index (χ2v) is 9.16. The molecule has 0 aliphatic carbocycles. The number of hydrogen-bond donors (Lipinski definition) is 0. The van der Waals surface area contributed by atoms with E-state index in [2.05, 4.69) is 18.7 Å². The zero-order valence-corrected chi connectivity index (χ0v) is 18.5. The minimum Gasteiger partial charge on any atom is -0.366 e. The van der Waals surface area contributed by atoms with Crippen LogP contribution in [0.1, 0.15) is 31.4 Å². The molecule has 1 fully saturated rings. The third kappa shape index (κ3) is 4.52. The van der Waals surface area contributed by atoms with Gasteiger partial charge in [-0.25, -0.2) is 4.39 Å². The Morgan fingerprint density at radius 2 is 1.55 bits per heavy atom. The minimum absolute atomic E-state index is 0.264. The minimum atomic E-state index is -0.373. The molecule has 0 spiro atoms. The van der Waals surface area contributed by atoms with E-state index >= 15 is 0 Å². The molecule has 0 aromatic heterocycles. The van der Waals surface area contributed by atoms with Crippen molar-refractivity contribution in [3.63, 3.8) is 0 Å². The summed E-state index contributed by atoms with van der Waals surface area (Å²) in [5, 5.41) is 0.646. The van der Waals surface area contributed by atoms with E-state index in [0.717, 1.165) is 25.1 Å². The fraction of sp³-hybridized carbons (Fsp3) is 0.360. The summed E-state index contributed by atoms with van der Waals surface area (Å²) >= 11 is 5.95. The molecule has 4 nitrogen and oxygen atoms in total. The summed E-state index contributed by atoms with van der Waals surface area (Å²) in [6.07, 6.45) is 1.64. The maximum absolute atomic E-state index is 13.5. The molecule has 0 bridgehead atoms. The largest absolute Gasteiger partial charge is 0.366 e. The van der Waals surface area contributed by atoms with Gasteiger partial charge in [0, 0.05) is 24.7 Å². The van der Waals surface area contributed by atoms with Gasteiger partial charge in [0.1, 0.15) is 11.5 Å². The van der Waals surface area contributed by atoms with Crippen LogP contribution < -0.4 is 0 Å². The Hall–Kier alpha value is -2.66. The molecule has 1 saturated heterocycles. The van der Waals surface area contributed by atoms with Gasteiger partial charge in [-0.1, -0.05) is 49.7 Å². The maximum Gasteiger partial charge on any atom is 0.277 e. The maximum atomic E-state index is 13.5. The van der Waals surface area contributed by atoms with Crippen LogP contribution in [0.2, 0.25) is 5.02 Å². The van der Waals surface area contributed by atoms with E-state index in [9.17, 15) is 14.0 Å². The molecule has 4 rings (SSSR count). The summed E-state index contributed by atoms with van der Waals surface area (Å²) in [7, 11) is 0. The van der Waals surface area contributed by atoms with E-state index in [0.29, 0.717) is 40.1 Å². The van der Waals surface area contributed by atoms with Crippen molar-refractivity contribution in [3.05, 3.63) is 76.2 Å². The Labute approximate surface area is 187 Å². The number of rotatable bonds is 5. The third-order valence-corrected chi connectivity index (χ3v) is 6.25. The van der Waals surface area contributed by atoms with Crippen molar-refractivity contribution in [2.75, 3.05) is 19.6 Å². The number of nitrogens with zero attached hydrogens (tertiary/aromatic N) is 2. The van der Waals surface area contributed by atoms with Gasteiger partial charge in [-0.2, -0.15) is 0 Å². The molecule has 2 unspecified atom stereocenters. The molecule has 2 amide bonds. The van der Waals surface area contributed by atoms with Gasteiger partial charge in [0.05, 0.1) is 5.57 Å². The molecule has 2 aliphatic heterocycles. The van der Waals surface area contributed by atoms with Crippen molar-refractivity contribution in [3.8, 4) is 0 Å². The Morgan fingerprint density at radius 1 is 0.935 bits per heavy atom. The van der Waals surface area contributed by atoms with Crippen LogP contribution in [0.3, 0.4) is 0 Å². The number of halogens is 2. The van der Waals surface area contributed by atoms with E-state index in [4.69, 9.17) is 11.6 Å². The fourth-order valence-electron chi connectivity index (χ4n) is 4.67. The predicted molar refractivity (Wildman–Crippen MR) is 120 cm³/mol. The topological polar surface area (TPSA) is 40.6 Å². The molecule has 0 radical (unpaired) electrons. The van der Waals surface area contributed by atoms with Crippen LogP contribution in [-0.4, -0.2) is 41.2 Å². The number of imide groups is 1. The average Bonchev–Trinajstić information content (AvgIpc) is 2.97.